The van der Waals surface area contributed by atoms with E-state index in [1.165, 1.54) is 0 Å². The van der Waals surface area contributed by atoms with E-state index in [-0.39, 0.29) is 5.82 Å². The van der Waals surface area contributed by atoms with E-state index in [9.17, 15) is 4.79 Å². The summed E-state index contributed by atoms with van der Waals surface area (Å²) in [4.78, 5) is 17.4. The predicted octanol–water partition coefficient (Wildman–Crippen LogP) is 6.67. The van der Waals surface area contributed by atoms with Crippen LogP contribution in [0.4, 0.5) is 5.69 Å². The molecule has 3 aromatic carbocycles. The van der Waals surface area contributed by atoms with Gasteiger partial charge in [0.05, 0.1) is 5.69 Å². The fourth-order valence-electron chi connectivity index (χ4n) is 2.84. The lowest BCUT2D eigenvalue weighted by atomic mass is 10.2. The minimum Gasteiger partial charge on any atom is -0.319 e. The van der Waals surface area contributed by atoms with Crippen LogP contribution in [0.25, 0.3) is 17.1 Å². The Balaban J connectivity index is 1.77. The molecule has 5 nitrogen and oxygen atoms in total. The Kier molecular flexibility index (Phi) is 6.04. The summed E-state index contributed by atoms with van der Waals surface area (Å²) in [5.74, 6) is 0.204. The number of benzene rings is 3. The van der Waals surface area contributed by atoms with E-state index >= 15 is 0 Å². The highest BCUT2D eigenvalue weighted by molar-refractivity contribution is 9.10. The van der Waals surface area contributed by atoms with Crippen LogP contribution in [0.1, 0.15) is 16.2 Å². The summed E-state index contributed by atoms with van der Waals surface area (Å²) >= 11 is 13.2. The van der Waals surface area contributed by atoms with Gasteiger partial charge in [0.2, 0.25) is 5.82 Å². The van der Waals surface area contributed by atoms with E-state index in [2.05, 4.69) is 47.3 Å². The first-order chi connectivity index (χ1) is 14.4. The monoisotopic (exact) mass is 544 g/mol. The van der Waals surface area contributed by atoms with Crippen molar-refractivity contribution in [2.45, 2.75) is 6.92 Å². The zero-order valence-electron chi connectivity index (χ0n) is 15.7. The van der Waals surface area contributed by atoms with E-state index in [1.54, 1.807) is 10.7 Å². The molecular formula is C22H15Br2ClN4O. The molecule has 0 saturated heterocycles. The number of hydrogen-bond acceptors (Lipinski definition) is 3. The Hall–Kier alpha value is -2.48. The molecule has 0 saturated carbocycles. The summed E-state index contributed by atoms with van der Waals surface area (Å²) in [7, 11) is 0. The zero-order chi connectivity index (χ0) is 21.3. The molecule has 30 heavy (non-hydrogen) atoms. The van der Waals surface area contributed by atoms with E-state index in [0.29, 0.717) is 16.5 Å². The van der Waals surface area contributed by atoms with Crippen molar-refractivity contribution in [3.05, 3.63) is 92.1 Å². The number of carbonyl (C=O) groups excluding carboxylic acids is 1. The maximum atomic E-state index is 12.8. The van der Waals surface area contributed by atoms with Crippen LogP contribution in [0.15, 0.2) is 75.7 Å². The number of anilines is 1. The van der Waals surface area contributed by atoms with Gasteiger partial charge in [-0.3, -0.25) is 4.79 Å². The van der Waals surface area contributed by atoms with E-state index in [4.69, 9.17) is 11.6 Å². The van der Waals surface area contributed by atoms with Crippen LogP contribution < -0.4 is 5.32 Å². The Morgan fingerprint density at radius 3 is 2.47 bits per heavy atom. The van der Waals surface area contributed by atoms with Gasteiger partial charge in [-0.15, -0.1) is 5.10 Å². The normalized spacial score (nSPS) is 10.8. The minimum absolute atomic E-state index is 0.0598. The van der Waals surface area contributed by atoms with Gasteiger partial charge in [-0.2, -0.15) is 0 Å². The zero-order valence-corrected chi connectivity index (χ0v) is 19.7. The summed E-state index contributed by atoms with van der Waals surface area (Å²) in [6, 6.07) is 20.6. The summed E-state index contributed by atoms with van der Waals surface area (Å²) < 4.78 is 3.44. The number of nitrogens with zero attached hydrogens (tertiary/aromatic N) is 3. The highest BCUT2D eigenvalue weighted by Crippen LogP contribution is 2.26. The average molecular weight is 547 g/mol. The van der Waals surface area contributed by atoms with Crippen molar-refractivity contribution in [2.75, 3.05) is 5.32 Å². The highest BCUT2D eigenvalue weighted by Gasteiger charge is 2.19. The smallest absolute Gasteiger partial charge is 0.295 e. The van der Waals surface area contributed by atoms with Crippen molar-refractivity contribution in [3.63, 3.8) is 0 Å². The molecule has 0 unspecified atom stereocenters. The molecule has 8 heteroatoms. The molecule has 0 aliphatic rings. The number of rotatable bonds is 4. The van der Waals surface area contributed by atoms with Crippen LogP contribution in [-0.2, 0) is 0 Å². The van der Waals surface area contributed by atoms with E-state index in [1.807, 2.05) is 67.6 Å². The Bertz CT molecular complexity index is 1240. The largest absolute Gasteiger partial charge is 0.319 e. The van der Waals surface area contributed by atoms with Gasteiger partial charge in [0.1, 0.15) is 0 Å². The minimum atomic E-state index is -0.400. The Morgan fingerprint density at radius 1 is 1.00 bits per heavy atom. The van der Waals surface area contributed by atoms with Crippen LogP contribution in [0.3, 0.4) is 0 Å². The lowest BCUT2D eigenvalue weighted by molar-refractivity contribution is 0.101. The van der Waals surface area contributed by atoms with Gasteiger partial charge < -0.3 is 5.32 Å². The van der Waals surface area contributed by atoms with Crippen molar-refractivity contribution in [2.24, 2.45) is 0 Å². The molecule has 1 heterocycles. The summed E-state index contributed by atoms with van der Waals surface area (Å²) in [6.45, 7) is 1.93. The lowest BCUT2D eigenvalue weighted by Crippen LogP contribution is -2.14. The van der Waals surface area contributed by atoms with Crippen LogP contribution in [0, 0.1) is 6.92 Å². The van der Waals surface area contributed by atoms with Crippen molar-refractivity contribution in [1.82, 2.24) is 14.8 Å². The molecule has 0 aliphatic heterocycles. The van der Waals surface area contributed by atoms with Gasteiger partial charge in [-0.1, -0.05) is 67.7 Å². The predicted molar refractivity (Wildman–Crippen MR) is 126 cm³/mol. The van der Waals surface area contributed by atoms with Gasteiger partial charge >= 0.3 is 0 Å². The number of nitrogens with one attached hydrogen (secondary N) is 1. The molecule has 0 fully saturated rings. The van der Waals surface area contributed by atoms with Crippen LogP contribution >= 0.6 is 43.5 Å². The third-order valence-electron chi connectivity index (χ3n) is 4.40. The fraction of sp³-hybridized carbons (Fsp3) is 0.0455. The Labute approximate surface area is 195 Å². The number of aryl methyl sites for hydroxylation is 1. The summed E-state index contributed by atoms with van der Waals surface area (Å²) in [5.41, 5.74) is 3.15. The Morgan fingerprint density at radius 2 is 1.77 bits per heavy atom. The lowest BCUT2D eigenvalue weighted by Gasteiger charge is -2.07. The van der Waals surface area contributed by atoms with Crippen molar-refractivity contribution < 1.29 is 4.79 Å². The molecule has 1 N–H and O–H groups in total. The topological polar surface area (TPSA) is 59.8 Å². The number of amides is 1. The maximum absolute atomic E-state index is 12.8. The van der Waals surface area contributed by atoms with Crippen molar-refractivity contribution in [1.29, 1.82) is 0 Å². The highest BCUT2D eigenvalue weighted by atomic mass is 79.9. The number of hydrogen-bond donors (Lipinski definition) is 1. The van der Waals surface area contributed by atoms with Gasteiger partial charge in [0, 0.05) is 25.2 Å². The van der Waals surface area contributed by atoms with Gasteiger partial charge in [-0.05, 0) is 55.0 Å². The molecule has 0 atom stereocenters. The van der Waals surface area contributed by atoms with Gasteiger partial charge in [0.25, 0.3) is 5.91 Å². The van der Waals surface area contributed by atoms with Crippen LogP contribution in [0.5, 0.6) is 0 Å². The average Bonchev–Trinajstić information content (AvgIpc) is 3.16. The molecule has 1 amide bonds. The molecule has 1 aromatic heterocycles. The standard InChI is InChI=1S/C22H15Br2ClN4O/c1-13-5-10-18(12-19(13)25)29-21(14-6-8-15(23)9-7-14)27-20(28-29)22(30)26-17-4-2-3-16(24)11-17/h2-12H,1H3,(H,26,30). The molecule has 150 valence electrons. The second kappa shape index (κ2) is 8.71. The van der Waals surface area contributed by atoms with Gasteiger partial charge in [-0.25, -0.2) is 9.67 Å². The summed E-state index contributed by atoms with van der Waals surface area (Å²) in [6.07, 6.45) is 0. The van der Waals surface area contributed by atoms with E-state index in [0.717, 1.165) is 25.8 Å². The SMILES string of the molecule is Cc1ccc(-n2nc(C(=O)Nc3cccc(Br)c3)nc2-c2ccc(Br)cc2)cc1Cl. The summed E-state index contributed by atoms with van der Waals surface area (Å²) in [5, 5.41) is 7.93. The van der Waals surface area contributed by atoms with E-state index < -0.39 is 5.91 Å². The molecule has 4 rings (SSSR count). The molecule has 0 spiro atoms. The van der Waals surface area contributed by atoms with Crippen LogP contribution in [-0.4, -0.2) is 20.7 Å². The second-order valence-corrected chi connectivity index (χ2v) is 8.81. The first-order valence-electron chi connectivity index (χ1n) is 8.97. The number of halogens is 3. The quantitative estimate of drug-likeness (QED) is 0.311. The van der Waals surface area contributed by atoms with Crippen molar-refractivity contribution >= 4 is 55.1 Å². The second-order valence-electron chi connectivity index (χ2n) is 6.58. The molecule has 0 aliphatic carbocycles. The molecular weight excluding hydrogens is 532 g/mol. The fourth-order valence-corrected chi connectivity index (χ4v) is 3.68. The first-order valence-corrected chi connectivity index (χ1v) is 10.9. The van der Waals surface area contributed by atoms with Crippen LogP contribution in [0.2, 0.25) is 5.02 Å². The number of carbonyl (C=O) groups is 1. The third-order valence-corrected chi connectivity index (χ3v) is 5.82. The number of aromatic nitrogens is 3. The maximum Gasteiger partial charge on any atom is 0.295 e. The third kappa shape index (κ3) is 4.48. The van der Waals surface area contributed by atoms with Crippen molar-refractivity contribution in [3.8, 4) is 17.1 Å². The van der Waals surface area contributed by atoms with Gasteiger partial charge in [0.15, 0.2) is 5.82 Å². The molecule has 0 radical (unpaired) electrons. The first kappa shape index (κ1) is 20.8. The molecule has 0 bridgehead atoms. The molecule has 4 aromatic rings.